The monoisotopic (exact) mass is 235 g/mol. The van der Waals surface area contributed by atoms with Gasteiger partial charge in [-0.2, -0.15) is 0 Å². The topological polar surface area (TPSA) is 40.5 Å². The highest BCUT2D eigenvalue weighted by Crippen LogP contribution is 2.29. The van der Waals surface area contributed by atoms with E-state index in [4.69, 9.17) is 0 Å². The van der Waals surface area contributed by atoms with Crippen LogP contribution in [0, 0.1) is 12.8 Å². The van der Waals surface area contributed by atoms with Crippen LogP contribution in [-0.2, 0) is 4.79 Å². The largest absolute Gasteiger partial charge is 0.481 e. The lowest BCUT2D eigenvalue weighted by Crippen LogP contribution is -2.32. The second-order valence-corrected chi connectivity index (χ2v) is 4.68. The number of aliphatic carboxylic acids is 1. The number of nitrogens with zero attached hydrogens (tertiary/aromatic N) is 1. The number of benzene rings is 1. The van der Waals surface area contributed by atoms with Crippen LogP contribution < -0.4 is 0 Å². The zero-order valence-electron chi connectivity index (χ0n) is 11.0. The number of carboxylic acids is 1. The molecule has 0 spiro atoms. The van der Waals surface area contributed by atoms with Crippen LogP contribution in [0.5, 0.6) is 0 Å². The second kappa shape index (κ2) is 5.82. The summed E-state index contributed by atoms with van der Waals surface area (Å²) >= 11 is 0. The van der Waals surface area contributed by atoms with Crippen LogP contribution in [-0.4, -0.2) is 30.1 Å². The summed E-state index contributed by atoms with van der Waals surface area (Å²) in [4.78, 5) is 13.3. The molecule has 0 aromatic heterocycles. The predicted octanol–water partition coefficient (Wildman–Crippen LogP) is 2.71. The van der Waals surface area contributed by atoms with Gasteiger partial charge in [0.25, 0.3) is 0 Å². The third-order valence-electron chi connectivity index (χ3n) is 3.08. The number of carboxylic acid groups (broad SMARTS) is 1. The molecule has 17 heavy (non-hydrogen) atoms. The van der Waals surface area contributed by atoms with Crippen molar-refractivity contribution in [2.45, 2.75) is 26.3 Å². The van der Waals surface area contributed by atoms with Crippen molar-refractivity contribution in [1.82, 2.24) is 4.90 Å². The fourth-order valence-electron chi connectivity index (χ4n) is 2.28. The minimum atomic E-state index is -0.729. The predicted molar refractivity (Wildman–Crippen MR) is 69.0 cm³/mol. The van der Waals surface area contributed by atoms with Crippen LogP contribution >= 0.6 is 0 Å². The van der Waals surface area contributed by atoms with Crippen molar-refractivity contribution in [2.24, 2.45) is 5.92 Å². The van der Waals surface area contributed by atoms with E-state index >= 15 is 0 Å². The van der Waals surface area contributed by atoms with Crippen LogP contribution in [0.2, 0.25) is 0 Å². The van der Waals surface area contributed by atoms with Gasteiger partial charge in [-0.05, 0) is 33.0 Å². The third-order valence-corrected chi connectivity index (χ3v) is 3.08. The maximum Gasteiger partial charge on any atom is 0.308 e. The Morgan fingerprint density at radius 3 is 2.47 bits per heavy atom. The molecule has 1 N–H and O–H groups in total. The van der Waals surface area contributed by atoms with E-state index in [-0.39, 0.29) is 12.0 Å². The van der Waals surface area contributed by atoms with Gasteiger partial charge < -0.3 is 10.0 Å². The molecule has 1 aromatic rings. The molecule has 94 valence electrons. The second-order valence-electron chi connectivity index (χ2n) is 4.68. The summed E-state index contributed by atoms with van der Waals surface area (Å²) in [6.07, 6.45) is 0.631. The molecule has 0 saturated heterocycles. The lowest BCUT2D eigenvalue weighted by molar-refractivity contribution is -0.144. The maximum absolute atomic E-state index is 11.3. The van der Waals surface area contributed by atoms with Crippen molar-refractivity contribution in [3.63, 3.8) is 0 Å². The average Bonchev–Trinajstić information content (AvgIpc) is 2.24. The Labute approximate surface area is 103 Å². The molecule has 0 aliphatic heterocycles. The van der Waals surface area contributed by atoms with Gasteiger partial charge >= 0.3 is 5.97 Å². The van der Waals surface area contributed by atoms with Crippen LogP contribution in [0.1, 0.15) is 30.5 Å². The maximum atomic E-state index is 11.3. The van der Waals surface area contributed by atoms with Gasteiger partial charge in [-0.15, -0.1) is 0 Å². The lowest BCUT2D eigenvalue weighted by Gasteiger charge is -2.30. The van der Waals surface area contributed by atoms with E-state index in [0.29, 0.717) is 6.42 Å². The van der Waals surface area contributed by atoms with Crippen LogP contribution in [0.4, 0.5) is 0 Å². The van der Waals surface area contributed by atoms with E-state index in [1.807, 2.05) is 51.0 Å². The Morgan fingerprint density at radius 1 is 1.41 bits per heavy atom. The smallest absolute Gasteiger partial charge is 0.308 e. The Bertz CT molecular complexity index is 388. The summed E-state index contributed by atoms with van der Waals surface area (Å²) in [5, 5.41) is 9.30. The van der Waals surface area contributed by atoms with Crippen LogP contribution in [0.3, 0.4) is 0 Å². The van der Waals surface area contributed by atoms with Gasteiger partial charge in [-0.3, -0.25) is 4.79 Å². The first-order valence-corrected chi connectivity index (χ1v) is 5.93. The van der Waals surface area contributed by atoms with Gasteiger partial charge in [0.05, 0.1) is 5.92 Å². The molecule has 0 amide bonds. The number of hydrogen-bond donors (Lipinski definition) is 1. The first kappa shape index (κ1) is 13.7. The molecular formula is C14H21NO2. The number of carbonyl (C=O) groups is 1. The van der Waals surface area contributed by atoms with E-state index in [1.165, 1.54) is 0 Å². The quantitative estimate of drug-likeness (QED) is 0.853. The SMILES string of the molecule is CCC(C(=O)O)C(c1cccc(C)c1)N(C)C. The lowest BCUT2D eigenvalue weighted by atomic mass is 9.89. The first-order chi connectivity index (χ1) is 7.97. The van der Waals surface area contributed by atoms with Gasteiger partial charge in [-0.1, -0.05) is 36.8 Å². The Hall–Kier alpha value is -1.35. The van der Waals surface area contributed by atoms with E-state index in [2.05, 4.69) is 6.07 Å². The molecule has 1 aromatic carbocycles. The van der Waals surface area contributed by atoms with Crippen molar-refractivity contribution in [3.05, 3.63) is 35.4 Å². The molecule has 0 aliphatic carbocycles. The highest BCUT2D eigenvalue weighted by atomic mass is 16.4. The van der Waals surface area contributed by atoms with Gasteiger partial charge in [0.2, 0.25) is 0 Å². The summed E-state index contributed by atoms with van der Waals surface area (Å²) in [6, 6.07) is 8.00. The molecule has 0 heterocycles. The highest BCUT2D eigenvalue weighted by molar-refractivity contribution is 5.71. The number of aryl methyl sites for hydroxylation is 1. The third kappa shape index (κ3) is 3.30. The van der Waals surface area contributed by atoms with E-state index < -0.39 is 5.97 Å². The molecule has 0 fully saturated rings. The molecule has 0 bridgehead atoms. The summed E-state index contributed by atoms with van der Waals surface area (Å²) in [6.45, 7) is 3.95. The molecule has 2 unspecified atom stereocenters. The molecule has 3 heteroatoms. The molecule has 0 saturated carbocycles. The fraction of sp³-hybridized carbons (Fsp3) is 0.500. The zero-order chi connectivity index (χ0) is 13.0. The number of rotatable bonds is 5. The van der Waals surface area contributed by atoms with Crippen molar-refractivity contribution in [1.29, 1.82) is 0 Å². The molecule has 3 nitrogen and oxygen atoms in total. The average molecular weight is 235 g/mol. The molecular weight excluding hydrogens is 214 g/mol. The summed E-state index contributed by atoms with van der Waals surface area (Å²) in [5.41, 5.74) is 2.24. The Kier molecular flexibility index (Phi) is 4.70. The van der Waals surface area contributed by atoms with Gasteiger partial charge in [0, 0.05) is 6.04 Å². The summed E-state index contributed by atoms with van der Waals surface area (Å²) < 4.78 is 0. The Morgan fingerprint density at radius 2 is 2.06 bits per heavy atom. The standard InChI is InChI=1S/C14H21NO2/c1-5-12(14(16)17)13(15(3)4)11-8-6-7-10(2)9-11/h6-9,12-13H,5H2,1-4H3,(H,16,17). The molecule has 1 rings (SSSR count). The van der Waals surface area contributed by atoms with Crippen molar-refractivity contribution >= 4 is 5.97 Å². The zero-order valence-corrected chi connectivity index (χ0v) is 11.0. The van der Waals surface area contributed by atoms with Crippen LogP contribution in [0.15, 0.2) is 24.3 Å². The van der Waals surface area contributed by atoms with E-state index in [0.717, 1.165) is 11.1 Å². The van der Waals surface area contributed by atoms with E-state index in [1.54, 1.807) is 0 Å². The number of hydrogen-bond acceptors (Lipinski definition) is 2. The highest BCUT2D eigenvalue weighted by Gasteiger charge is 2.29. The molecule has 2 atom stereocenters. The summed E-state index contributed by atoms with van der Waals surface area (Å²) in [5.74, 6) is -1.10. The first-order valence-electron chi connectivity index (χ1n) is 5.93. The van der Waals surface area contributed by atoms with Crippen LogP contribution in [0.25, 0.3) is 0 Å². The summed E-state index contributed by atoms with van der Waals surface area (Å²) in [7, 11) is 3.86. The normalized spacial score (nSPS) is 14.6. The van der Waals surface area contributed by atoms with Crippen molar-refractivity contribution < 1.29 is 9.90 Å². The minimum absolute atomic E-state index is 0.0719. The van der Waals surface area contributed by atoms with Gasteiger partial charge in [0.1, 0.15) is 0 Å². The van der Waals surface area contributed by atoms with Crippen molar-refractivity contribution in [3.8, 4) is 0 Å². The fourth-order valence-corrected chi connectivity index (χ4v) is 2.28. The van der Waals surface area contributed by atoms with Gasteiger partial charge in [-0.25, -0.2) is 0 Å². The Balaban J connectivity index is 3.12. The van der Waals surface area contributed by atoms with Gasteiger partial charge in [0.15, 0.2) is 0 Å². The molecule has 0 aliphatic rings. The van der Waals surface area contributed by atoms with Crippen molar-refractivity contribution in [2.75, 3.05) is 14.1 Å². The molecule has 0 radical (unpaired) electrons. The minimum Gasteiger partial charge on any atom is -0.481 e. The van der Waals surface area contributed by atoms with E-state index in [9.17, 15) is 9.90 Å².